The van der Waals surface area contributed by atoms with Crippen molar-refractivity contribution in [3.8, 4) is 0 Å². The van der Waals surface area contributed by atoms with Crippen molar-refractivity contribution >= 4 is 27.0 Å². The molecule has 1 aliphatic carbocycles. The van der Waals surface area contributed by atoms with Crippen LogP contribution in [-0.4, -0.2) is 37.7 Å². The molecule has 0 unspecified atom stereocenters. The van der Waals surface area contributed by atoms with Gasteiger partial charge in [-0.05, 0) is 86.5 Å². The Labute approximate surface area is 185 Å². The van der Waals surface area contributed by atoms with Crippen molar-refractivity contribution in [2.45, 2.75) is 55.1 Å². The van der Waals surface area contributed by atoms with Gasteiger partial charge in [-0.25, -0.2) is 8.42 Å². The molecule has 160 valence electrons. The maximum Gasteiger partial charge on any atom is 0.184 e. The van der Waals surface area contributed by atoms with Crippen molar-refractivity contribution in [1.29, 1.82) is 0 Å². The SMILES string of the molecule is Cc1cccc(S(=O)(=O)C2(CCCN3CC=C(c4ccc(Cl)cc4)CC3)CCC2)c1. The predicted molar refractivity (Wildman–Crippen MR) is 125 cm³/mol. The molecule has 2 aromatic carbocycles. The quantitative estimate of drug-likeness (QED) is 0.533. The van der Waals surface area contributed by atoms with E-state index in [1.54, 1.807) is 6.07 Å². The van der Waals surface area contributed by atoms with E-state index in [-0.39, 0.29) is 0 Å². The molecule has 0 saturated heterocycles. The average molecular weight is 444 g/mol. The van der Waals surface area contributed by atoms with Crippen molar-refractivity contribution < 1.29 is 8.42 Å². The van der Waals surface area contributed by atoms with Crippen molar-refractivity contribution in [1.82, 2.24) is 4.90 Å². The fourth-order valence-corrected chi connectivity index (χ4v) is 7.19. The summed E-state index contributed by atoms with van der Waals surface area (Å²) in [5, 5.41) is 0.766. The third kappa shape index (κ3) is 4.37. The molecule has 3 nitrogen and oxygen atoms in total. The van der Waals surface area contributed by atoms with Gasteiger partial charge in [-0.1, -0.05) is 48.4 Å². The minimum atomic E-state index is -3.28. The molecule has 1 aliphatic heterocycles. The summed E-state index contributed by atoms with van der Waals surface area (Å²) in [5.74, 6) is 0. The van der Waals surface area contributed by atoms with Crippen molar-refractivity contribution in [3.05, 3.63) is 70.8 Å². The monoisotopic (exact) mass is 443 g/mol. The summed E-state index contributed by atoms with van der Waals surface area (Å²) in [6.07, 6.45) is 7.61. The summed E-state index contributed by atoms with van der Waals surface area (Å²) in [7, 11) is -3.28. The molecule has 0 bridgehead atoms. The molecule has 0 spiro atoms. The lowest BCUT2D eigenvalue weighted by atomic mass is 9.81. The Morgan fingerprint density at radius 1 is 1.10 bits per heavy atom. The van der Waals surface area contributed by atoms with Crippen LogP contribution in [0, 0.1) is 6.92 Å². The fraction of sp³-hybridized carbons (Fsp3) is 0.440. The van der Waals surface area contributed by atoms with E-state index < -0.39 is 14.6 Å². The lowest BCUT2D eigenvalue weighted by Gasteiger charge is -2.41. The highest BCUT2D eigenvalue weighted by atomic mass is 35.5. The highest BCUT2D eigenvalue weighted by molar-refractivity contribution is 7.93. The molecule has 0 atom stereocenters. The van der Waals surface area contributed by atoms with Gasteiger partial charge in [0.1, 0.15) is 0 Å². The van der Waals surface area contributed by atoms with Crippen molar-refractivity contribution in [2.75, 3.05) is 19.6 Å². The van der Waals surface area contributed by atoms with E-state index in [1.807, 2.05) is 37.3 Å². The first-order chi connectivity index (χ1) is 14.4. The van der Waals surface area contributed by atoms with E-state index in [4.69, 9.17) is 11.6 Å². The molecule has 4 rings (SSSR count). The van der Waals surface area contributed by atoms with Gasteiger partial charge < -0.3 is 0 Å². The first-order valence-electron chi connectivity index (χ1n) is 10.9. The zero-order valence-corrected chi connectivity index (χ0v) is 19.2. The molecule has 2 aromatic rings. The Hall–Kier alpha value is -1.62. The smallest absolute Gasteiger partial charge is 0.184 e. The van der Waals surface area contributed by atoms with E-state index in [0.717, 1.165) is 68.7 Å². The zero-order valence-electron chi connectivity index (χ0n) is 17.6. The van der Waals surface area contributed by atoms with Crippen molar-refractivity contribution in [3.63, 3.8) is 0 Å². The van der Waals surface area contributed by atoms with Crippen LogP contribution in [0.3, 0.4) is 0 Å². The van der Waals surface area contributed by atoms with Gasteiger partial charge in [-0.2, -0.15) is 0 Å². The van der Waals surface area contributed by atoms with Crippen LogP contribution in [0.2, 0.25) is 5.02 Å². The van der Waals surface area contributed by atoms with Gasteiger partial charge in [-0.15, -0.1) is 0 Å². The van der Waals surface area contributed by atoms with Gasteiger partial charge in [0.25, 0.3) is 0 Å². The van der Waals surface area contributed by atoms with E-state index in [0.29, 0.717) is 4.90 Å². The topological polar surface area (TPSA) is 37.4 Å². The number of sulfone groups is 1. The molecule has 1 fully saturated rings. The largest absolute Gasteiger partial charge is 0.299 e. The highest BCUT2D eigenvalue weighted by Crippen LogP contribution is 2.46. The Kier molecular flexibility index (Phi) is 6.38. The number of aryl methyl sites for hydroxylation is 1. The maximum absolute atomic E-state index is 13.4. The van der Waals surface area contributed by atoms with Gasteiger partial charge in [0, 0.05) is 18.1 Å². The number of rotatable bonds is 7. The summed E-state index contributed by atoms with van der Waals surface area (Å²) < 4.78 is 26.2. The Bertz CT molecular complexity index is 1020. The zero-order chi connectivity index (χ0) is 21.2. The van der Waals surface area contributed by atoms with Gasteiger partial charge in [0.2, 0.25) is 0 Å². The molecule has 1 saturated carbocycles. The van der Waals surface area contributed by atoms with Crippen LogP contribution in [-0.2, 0) is 9.84 Å². The highest BCUT2D eigenvalue weighted by Gasteiger charge is 2.48. The minimum absolute atomic E-state index is 0.496. The van der Waals surface area contributed by atoms with Crippen LogP contribution in [0.1, 0.15) is 49.7 Å². The Balaban J connectivity index is 1.35. The normalized spacial score (nSPS) is 19.2. The van der Waals surface area contributed by atoms with Crippen LogP contribution in [0.15, 0.2) is 59.5 Å². The summed E-state index contributed by atoms with van der Waals surface area (Å²) in [5.41, 5.74) is 3.62. The number of hydrogen-bond donors (Lipinski definition) is 0. The van der Waals surface area contributed by atoms with Gasteiger partial charge in [0.05, 0.1) is 9.64 Å². The summed E-state index contributed by atoms with van der Waals surface area (Å²) in [6, 6.07) is 15.4. The summed E-state index contributed by atoms with van der Waals surface area (Å²) >= 11 is 5.99. The Morgan fingerprint density at radius 2 is 1.87 bits per heavy atom. The first kappa shape index (κ1) is 21.6. The molecular formula is C25H30ClNO2S. The lowest BCUT2D eigenvalue weighted by molar-refractivity contribution is 0.260. The van der Waals surface area contributed by atoms with Gasteiger partial charge in [0.15, 0.2) is 9.84 Å². The molecule has 0 N–H and O–H groups in total. The van der Waals surface area contributed by atoms with Crippen LogP contribution in [0.5, 0.6) is 0 Å². The summed E-state index contributed by atoms with van der Waals surface area (Å²) in [6.45, 7) is 4.85. The van der Waals surface area contributed by atoms with Crippen molar-refractivity contribution in [2.24, 2.45) is 0 Å². The molecule has 5 heteroatoms. The van der Waals surface area contributed by atoms with Crippen LogP contribution in [0.4, 0.5) is 0 Å². The molecule has 0 aromatic heterocycles. The standard InChI is InChI=1S/C25H30ClNO2S/c1-20-5-2-6-24(19-20)30(28,29)25(13-3-14-25)15-4-16-27-17-11-22(12-18-27)21-7-9-23(26)10-8-21/h2,5-11,19H,3-4,12-18H2,1H3. The van der Waals surface area contributed by atoms with E-state index in [1.165, 1.54) is 11.1 Å². The lowest BCUT2D eigenvalue weighted by Crippen LogP contribution is -2.45. The average Bonchev–Trinajstić information content (AvgIpc) is 2.71. The van der Waals surface area contributed by atoms with E-state index >= 15 is 0 Å². The second-order valence-corrected chi connectivity index (χ2v) is 11.5. The number of halogens is 1. The third-order valence-corrected chi connectivity index (χ3v) is 9.63. The van der Waals surface area contributed by atoms with E-state index in [2.05, 4.69) is 23.1 Å². The second kappa shape index (κ2) is 8.86. The molecule has 0 amide bonds. The van der Waals surface area contributed by atoms with Crippen LogP contribution >= 0.6 is 11.6 Å². The Morgan fingerprint density at radius 3 is 2.47 bits per heavy atom. The van der Waals surface area contributed by atoms with E-state index in [9.17, 15) is 8.42 Å². The molecule has 2 aliphatic rings. The number of nitrogens with zero attached hydrogens (tertiary/aromatic N) is 1. The molecule has 0 radical (unpaired) electrons. The van der Waals surface area contributed by atoms with Crippen LogP contribution in [0.25, 0.3) is 5.57 Å². The molecular weight excluding hydrogens is 414 g/mol. The second-order valence-electron chi connectivity index (χ2n) is 8.75. The maximum atomic E-state index is 13.4. The fourth-order valence-electron chi connectivity index (χ4n) is 4.72. The van der Waals surface area contributed by atoms with Gasteiger partial charge >= 0.3 is 0 Å². The number of hydrogen-bond acceptors (Lipinski definition) is 3. The van der Waals surface area contributed by atoms with Gasteiger partial charge in [-0.3, -0.25) is 4.90 Å². The van der Waals surface area contributed by atoms with Crippen LogP contribution < -0.4 is 0 Å². The first-order valence-corrected chi connectivity index (χ1v) is 12.7. The predicted octanol–water partition coefficient (Wildman–Crippen LogP) is 5.91. The molecule has 1 heterocycles. The molecule has 30 heavy (non-hydrogen) atoms. The summed E-state index contributed by atoms with van der Waals surface area (Å²) in [4.78, 5) is 2.93. The minimum Gasteiger partial charge on any atom is -0.299 e. The third-order valence-electron chi connectivity index (χ3n) is 6.75. The number of benzene rings is 2.